The topological polar surface area (TPSA) is 108 Å². The summed E-state index contributed by atoms with van der Waals surface area (Å²) in [7, 11) is 0. The van der Waals surface area contributed by atoms with Gasteiger partial charge in [0.15, 0.2) is 6.10 Å². The van der Waals surface area contributed by atoms with Crippen LogP contribution in [-0.4, -0.2) is 30.6 Å². The SMILES string of the molecule is CC(C)[C@H](OC(=O)CCCOc1ccc(Br)cc1)C(=O)NC(N)=O. The number of amides is 3. The molecule has 0 radical (unpaired) electrons. The molecule has 0 fully saturated rings. The van der Waals surface area contributed by atoms with Gasteiger partial charge in [-0.3, -0.25) is 14.9 Å². The molecule has 0 saturated heterocycles. The quantitative estimate of drug-likeness (QED) is 0.514. The van der Waals surface area contributed by atoms with Gasteiger partial charge in [0.2, 0.25) is 0 Å². The normalized spacial score (nSPS) is 11.7. The van der Waals surface area contributed by atoms with Crippen LogP contribution in [0.15, 0.2) is 28.7 Å². The molecular formula is C16H21BrN2O5. The van der Waals surface area contributed by atoms with E-state index in [1.165, 1.54) is 0 Å². The van der Waals surface area contributed by atoms with Crippen molar-refractivity contribution >= 4 is 33.8 Å². The molecule has 0 spiro atoms. The molecule has 3 amide bonds. The Bertz CT molecular complexity index is 574. The van der Waals surface area contributed by atoms with Gasteiger partial charge in [-0.25, -0.2) is 4.79 Å². The van der Waals surface area contributed by atoms with Crippen molar-refractivity contribution in [2.24, 2.45) is 11.7 Å². The van der Waals surface area contributed by atoms with Gasteiger partial charge in [-0.1, -0.05) is 29.8 Å². The minimum atomic E-state index is -1.06. The van der Waals surface area contributed by atoms with Crippen LogP contribution in [0.25, 0.3) is 0 Å². The fourth-order valence-corrected chi connectivity index (χ4v) is 2.09. The maximum absolute atomic E-state index is 11.8. The summed E-state index contributed by atoms with van der Waals surface area (Å²) >= 11 is 3.33. The summed E-state index contributed by atoms with van der Waals surface area (Å²) in [4.78, 5) is 34.3. The predicted octanol–water partition coefficient (Wildman–Crippen LogP) is 2.37. The molecule has 0 aromatic heterocycles. The summed E-state index contributed by atoms with van der Waals surface area (Å²) < 4.78 is 11.6. The van der Waals surface area contributed by atoms with E-state index in [4.69, 9.17) is 15.2 Å². The molecule has 1 atom stereocenters. The van der Waals surface area contributed by atoms with Crippen LogP contribution in [0.2, 0.25) is 0 Å². The fraction of sp³-hybridized carbons (Fsp3) is 0.438. The maximum Gasteiger partial charge on any atom is 0.318 e. The Kier molecular flexibility index (Phi) is 8.25. The number of esters is 1. The van der Waals surface area contributed by atoms with Gasteiger partial charge in [0.05, 0.1) is 6.61 Å². The first kappa shape index (κ1) is 20.0. The molecule has 1 aromatic carbocycles. The zero-order valence-electron chi connectivity index (χ0n) is 13.6. The van der Waals surface area contributed by atoms with E-state index in [0.29, 0.717) is 18.8 Å². The summed E-state index contributed by atoms with van der Waals surface area (Å²) in [6.45, 7) is 3.75. The van der Waals surface area contributed by atoms with E-state index >= 15 is 0 Å². The van der Waals surface area contributed by atoms with Crippen molar-refractivity contribution in [2.45, 2.75) is 32.8 Å². The molecule has 0 unspecified atom stereocenters. The first-order chi connectivity index (χ1) is 11.3. The van der Waals surface area contributed by atoms with E-state index in [9.17, 15) is 14.4 Å². The number of benzene rings is 1. The molecule has 7 nitrogen and oxygen atoms in total. The number of carbonyl (C=O) groups excluding carboxylic acids is 3. The van der Waals surface area contributed by atoms with Crippen molar-refractivity contribution in [3.05, 3.63) is 28.7 Å². The monoisotopic (exact) mass is 400 g/mol. The number of imide groups is 1. The molecule has 8 heteroatoms. The molecule has 0 aliphatic rings. The average Bonchev–Trinajstić information content (AvgIpc) is 2.49. The maximum atomic E-state index is 11.8. The summed E-state index contributed by atoms with van der Waals surface area (Å²) in [6, 6.07) is 6.35. The number of nitrogens with two attached hydrogens (primary N) is 1. The van der Waals surface area contributed by atoms with E-state index < -0.39 is 24.0 Å². The Morgan fingerprint density at radius 1 is 1.21 bits per heavy atom. The van der Waals surface area contributed by atoms with E-state index in [2.05, 4.69) is 15.9 Å². The summed E-state index contributed by atoms with van der Waals surface area (Å²) in [6.07, 6.45) is -0.516. The first-order valence-corrected chi connectivity index (χ1v) is 8.27. The number of hydrogen-bond acceptors (Lipinski definition) is 5. The molecule has 0 bridgehead atoms. The van der Waals surface area contributed by atoms with Crippen LogP contribution in [0.3, 0.4) is 0 Å². The minimum Gasteiger partial charge on any atom is -0.494 e. The molecular weight excluding hydrogens is 380 g/mol. The highest BCUT2D eigenvalue weighted by Gasteiger charge is 2.27. The van der Waals surface area contributed by atoms with Gasteiger partial charge in [-0.15, -0.1) is 0 Å². The second kappa shape index (κ2) is 9.92. The van der Waals surface area contributed by atoms with Gasteiger partial charge in [-0.2, -0.15) is 0 Å². The van der Waals surface area contributed by atoms with Crippen LogP contribution >= 0.6 is 15.9 Å². The highest BCUT2D eigenvalue weighted by atomic mass is 79.9. The second-order valence-corrected chi connectivity index (χ2v) is 6.33. The van der Waals surface area contributed by atoms with Gasteiger partial charge in [0.25, 0.3) is 5.91 Å². The molecule has 1 aromatic rings. The number of halogens is 1. The Balaban J connectivity index is 2.36. The third-order valence-corrected chi connectivity index (χ3v) is 3.50. The zero-order valence-corrected chi connectivity index (χ0v) is 15.2. The van der Waals surface area contributed by atoms with Crippen molar-refractivity contribution in [1.82, 2.24) is 5.32 Å². The first-order valence-electron chi connectivity index (χ1n) is 7.47. The standard InChI is InChI=1S/C16H21BrN2O5/c1-10(2)14(15(21)19-16(18)22)24-13(20)4-3-9-23-12-7-5-11(17)6-8-12/h5-8,10,14H,3-4,9H2,1-2H3,(H3,18,19,21,22)/t14-/m0/s1. The van der Waals surface area contributed by atoms with Crippen LogP contribution in [0.4, 0.5) is 4.79 Å². The van der Waals surface area contributed by atoms with Crippen LogP contribution in [0.1, 0.15) is 26.7 Å². The Hall–Kier alpha value is -2.09. The number of carbonyl (C=O) groups is 3. The van der Waals surface area contributed by atoms with Crippen molar-refractivity contribution in [3.63, 3.8) is 0 Å². The molecule has 0 saturated carbocycles. The van der Waals surface area contributed by atoms with Gasteiger partial charge in [0, 0.05) is 10.9 Å². The highest BCUT2D eigenvalue weighted by Crippen LogP contribution is 2.16. The molecule has 0 aliphatic heterocycles. The van der Waals surface area contributed by atoms with Crippen LogP contribution in [0.5, 0.6) is 5.75 Å². The van der Waals surface area contributed by atoms with Gasteiger partial charge >= 0.3 is 12.0 Å². The number of primary amides is 1. The average molecular weight is 401 g/mol. The number of rotatable bonds is 8. The number of nitrogens with one attached hydrogen (secondary N) is 1. The number of urea groups is 1. The second-order valence-electron chi connectivity index (χ2n) is 5.41. The van der Waals surface area contributed by atoms with Crippen molar-refractivity contribution in [1.29, 1.82) is 0 Å². The van der Waals surface area contributed by atoms with E-state index in [1.807, 2.05) is 29.6 Å². The zero-order chi connectivity index (χ0) is 18.1. The van der Waals surface area contributed by atoms with E-state index in [0.717, 1.165) is 4.47 Å². The summed E-state index contributed by atoms with van der Waals surface area (Å²) in [5.74, 6) is -0.843. The molecule has 1 rings (SSSR count). The smallest absolute Gasteiger partial charge is 0.318 e. The molecule has 132 valence electrons. The lowest BCUT2D eigenvalue weighted by Gasteiger charge is -2.19. The van der Waals surface area contributed by atoms with E-state index in [1.54, 1.807) is 13.8 Å². The number of hydrogen-bond donors (Lipinski definition) is 2. The lowest BCUT2D eigenvalue weighted by molar-refractivity contribution is -0.158. The van der Waals surface area contributed by atoms with Crippen LogP contribution < -0.4 is 15.8 Å². The fourth-order valence-electron chi connectivity index (χ4n) is 1.82. The van der Waals surface area contributed by atoms with Gasteiger partial charge in [0.1, 0.15) is 5.75 Å². The van der Waals surface area contributed by atoms with Crippen molar-refractivity contribution in [3.8, 4) is 5.75 Å². The largest absolute Gasteiger partial charge is 0.494 e. The lowest BCUT2D eigenvalue weighted by atomic mass is 10.1. The Labute approximate surface area is 149 Å². The van der Waals surface area contributed by atoms with Crippen LogP contribution in [0, 0.1) is 5.92 Å². The predicted molar refractivity (Wildman–Crippen MR) is 91.3 cm³/mol. The third-order valence-electron chi connectivity index (χ3n) is 2.98. The molecule has 0 heterocycles. The molecule has 0 aliphatic carbocycles. The van der Waals surface area contributed by atoms with E-state index in [-0.39, 0.29) is 12.3 Å². The van der Waals surface area contributed by atoms with Crippen molar-refractivity contribution < 1.29 is 23.9 Å². The summed E-state index contributed by atoms with van der Waals surface area (Å²) in [5.41, 5.74) is 4.89. The highest BCUT2D eigenvalue weighted by molar-refractivity contribution is 9.10. The van der Waals surface area contributed by atoms with Crippen LogP contribution in [-0.2, 0) is 14.3 Å². The Morgan fingerprint density at radius 3 is 2.38 bits per heavy atom. The Morgan fingerprint density at radius 2 is 1.83 bits per heavy atom. The molecule has 24 heavy (non-hydrogen) atoms. The number of ether oxygens (including phenoxy) is 2. The molecule has 3 N–H and O–H groups in total. The summed E-state index contributed by atoms with van der Waals surface area (Å²) in [5, 5.41) is 1.92. The van der Waals surface area contributed by atoms with Gasteiger partial charge in [-0.05, 0) is 36.6 Å². The lowest BCUT2D eigenvalue weighted by Crippen LogP contribution is -2.45. The third kappa shape index (κ3) is 7.45. The van der Waals surface area contributed by atoms with Gasteiger partial charge < -0.3 is 15.2 Å². The minimum absolute atomic E-state index is 0.101. The van der Waals surface area contributed by atoms with Crippen molar-refractivity contribution in [2.75, 3.05) is 6.61 Å².